The van der Waals surface area contributed by atoms with Crippen molar-refractivity contribution in [2.24, 2.45) is 5.92 Å². The van der Waals surface area contributed by atoms with Crippen LogP contribution in [0.1, 0.15) is 39.2 Å². The van der Waals surface area contributed by atoms with Crippen LogP contribution in [0.5, 0.6) is 5.75 Å². The lowest BCUT2D eigenvalue weighted by molar-refractivity contribution is 0.184. The number of ether oxygens (including phenoxy) is 1. The summed E-state index contributed by atoms with van der Waals surface area (Å²) in [6, 6.07) is 8.52. The van der Waals surface area contributed by atoms with Crippen LogP contribution in [-0.2, 0) is 6.54 Å². The van der Waals surface area contributed by atoms with Crippen LogP contribution in [0.25, 0.3) is 0 Å². The van der Waals surface area contributed by atoms with E-state index in [0.29, 0.717) is 0 Å². The molecule has 0 aromatic heterocycles. The summed E-state index contributed by atoms with van der Waals surface area (Å²) in [5.41, 5.74) is 1.36. The minimum Gasteiger partial charge on any atom is -0.491 e. The number of rotatable bonds is 4. The third-order valence-corrected chi connectivity index (χ3v) is 3.55. The Labute approximate surface area is 111 Å². The molecule has 1 aromatic rings. The van der Waals surface area contributed by atoms with E-state index in [-0.39, 0.29) is 6.10 Å². The average Bonchev–Trinajstić information content (AvgIpc) is 2.32. The van der Waals surface area contributed by atoms with Crippen molar-refractivity contribution in [3.8, 4) is 5.75 Å². The summed E-state index contributed by atoms with van der Waals surface area (Å²) in [7, 11) is 0. The van der Waals surface area contributed by atoms with Crippen LogP contribution in [0.4, 0.5) is 0 Å². The predicted octanol–water partition coefficient (Wildman–Crippen LogP) is 3.71. The van der Waals surface area contributed by atoms with Gasteiger partial charge in [-0.25, -0.2) is 0 Å². The molecule has 100 valence electrons. The molecule has 0 spiro atoms. The predicted molar refractivity (Wildman–Crippen MR) is 75.9 cm³/mol. The van der Waals surface area contributed by atoms with Crippen molar-refractivity contribution < 1.29 is 4.74 Å². The number of nitrogens with zero attached hydrogens (tertiary/aromatic N) is 1. The Morgan fingerprint density at radius 1 is 1.28 bits per heavy atom. The van der Waals surface area contributed by atoms with Gasteiger partial charge in [0, 0.05) is 6.54 Å². The first-order chi connectivity index (χ1) is 8.63. The zero-order chi connectivity index (χ0) is 13.0. The first-order valence-corrected chi connectivity index (χ1v) is 7.11. The smallest absolute Gasteiger partial charge is 0.120 e. The van der Waals surface area contributed by atoms with Gasteiger partial charge in [0.1, 0.15) is 5.75 Å². The van der Waals surface area contributed by atoms with E-state index in [2.05, 4.69) is 43.9 Å². The van der Waals surface area contributed by atoms with Crippen LogP contribution < -0.4 is 4.74 Å². The molecule has 0 N–H and O–H groups in total. The van der Waals surface area contributed by atoms with Gasteiger partial charge in [-0.2, -0.15) is 0 Å². The molecule has 0 unspecified atom stereocenters. The van der Waals surface area contributed by atoms with Gasteiger partial charge in [-0.1, -0.05) is 19.1 Å². The van der Waals surface area contributed by atoms with E-state index in [0.717, 1.165) is 18.2 Å². The standard InChI is InChI=1S/C16H25NO/c1-13(2)18-16-6-4-5-15(11-16)12-17-9-7-14(3)8-10-17/h4-6,11,13-14H,7-10,12H2,1-3H3. The molecule has 1 fully saturated rings. The number of hydrogen-bond donors (Lipinski definition) is 0. The van der Waals surface area contributed by atoms with Gasteiger partial charge in [-0.05, 0) is 63.4 Å². The molecule has 2 rings (SSSR count). The number of likely N-dealkylation sites (tertiary alicyclic amines) is 1. The Kier molecular flexibility index (Phi) is 4.65. The molecule has 1 aliphatic heterocycles. The van der Waals surface area contributed by atoms with E-state index in [1.54, 1.807) is 0 Å². The normalized spacial score (nSPS) is 18.2. The lowest BCUT2D eigenvalue weighted by Gasteiger charge is -2.30. The summed E-state index contributed by atoms with van der Waals surface area (Å²) in [6.45, 7) is 10.0. The highest BCUT2D eigenvalue weighted by Gasteiger charge is 2.15. The molecule has 0 radical (unpaired) electrons. The largest absolute Gasteiger partial charge is 0.491 e. The molecule has 2 nitrogen and oxygen atoms in total. The third kappa shape index (κ3) is 4.02. The summed E-state index contributed by atoms with van der Waals surface area (Å²) >= 11 is 0. The van der Waals surface area contributed by atoms with E-state index in [4.69, 9.17) is 4.74 Å². The highest BCUT2D eigenvalue weighted by Crippen LogP contribution is 2.20. The van der Waals surface area contributed by atoms with Gasteiger partial charge in [0.05, 0.1) is 6.10 Å². The van der Waals surface area contributed by atoms with Crippen LogP contribution in [0.3, 0.4) is 0 Å². The van der Waals surface area contributed by atoms with E-state index >= 15 is 0 Å². The number of benzene rings is 1. The molecule has 1 saturated heterocycles. The van der Waals surface area contributed by atoms with Crippen molar-refractivity contribution in [1.82, 2.24) is 4.90 Å². The van der Waals surface area contributed by atoms with Gasteiger partial charge < -0.3 is 4.74 Å². The molecule has 0 amide bonds. The van der Waals surface area contributed by atoms with E-state index < -0.39 is 0 Å². The Hall–Kier alpha value is -1.02. The Balaban J connectivity index is 1.92. The van der Waals surface area contributed by atoms with Crippen molar-refractivity contribution in [2.75, 3.05) is 13.1 Å². The maximum absolute atomic E-state index is 5.74. The Bertz CT molecular complexity index is 367. The lowest BCUT2D eigenvalue weighted by Crippen LogP contribution is -2.32. The fraction of sp³-hybridized carbons (Fsp3) is 0.625. The van der Waals surface area contributed by atoms with E-state index in [1.807, 2.05) is 6.07 Å². The highest BCUT2D eigenvalue weighted by molar-refractivity contribution is 5.28. The summed E-state index contributed by atoms with van der Waals surface area (Å²) in [4.78, 5) is 2.55. The molecule has 2 heteroatoms. The van der Waals surface area contributed by atoms with Crippen molar-refractivity contribution in [3.05, 3.63) is 29.8 Å². The van der Waals surface area contributed by atoms with E-state index in [9.17, 15) is 0 Å². The van der Waals surface area contributed by atoms with Crippen LogP contribution in [0.2, 0.25) is 0 Å². The third-order valence-electron chi connectivity index (χ3n) is 3.55. The first-order valence-electron chi connectivity index (χ1n) is 7.11. The lowest BCUT2D eigenvalue weighted by atomic mass is 9.99. The van der Waals surface area contributed by atoms with Crippen molar-refractivity contribution in [2.45, 2.75) is 46.3 Å². The Morgan fingerprint density at radius 3 is 2.67 bits per heavy atom. The van der Waals surface area contributed by atoms with Crippen molar-refractivity contribution in [1.29, 1.82) is 0 Å². The van der Waals surface area contributed by atoms with Crippen molar-refractivity contribution >= 4 is 0 Å². The van der Waals surface area contributed by atoms with Gasteiger partial charge >= 0.3 is 0 Å². The quantitative estimate of drug-likeness (QED) is 0.804. The molecule has 0 saturated carbocycles. The molecule has 1 heterocycles. The SMILES string of the molecule is CC1CCN(Cc2cccc(OC(C)C)c2)CC1. The summed E-state index contributed by atoms with van der Waals surface area (Å²) in [5, 5.41) is 0. The second-order valence-electron chi connectivity index (χ2n) is 5.77. The van der Waals surface area contributed by atoms with Crippen LogP contribution >= 0.6 is 0 Å². The van der Waals surface area contributed by atoms with Crippen LogP contribution in [0, 0.1) is 5.92 Å². The Morgan fingerprint density at radius 2 is 2.00 bits per heavy atom. The number of piperidine rings is 1. The van der Waals surface area contributed by atoms with Gasteiger partial charge in [-0.3, -0.25) is 4.90 Å². The van der Waals surface area contributed by atoms with Gasteiger partial charge in [0.15, 0.2) is 0 Å². The molecular weight excluding hydrogens is 222 g/mol. The van der Waals surface area contributed by atoms with Crippen molar-refractivity contribution in [3.63, 3.8) is 0 Å². The van der Waals surface area contributed by atoms with Crippen LogP contribution in [-0.4, -0.2) is 24.1 Å². The van der Waals surface area contributed by atoms with E-state index in [1.165, 1.54) is 31.5 Å². The van der Waals surface area contributed by atoms with Gasteiger partial charge in [-0.15, -0.1) is 0 Å². The summed E-state index contributed by atoms with van der Waals surface area (Å²) in [5.74, 6) is 1.89. The molecule has 0 atom stereocenters. The minimum atomic E-state index is 0.246. The molecule has 1 aromatic carbocycles. The second-order valence-corrected chi connectivity index (χ2v) is 5.77. The van der Waals surface area contributed by atoms with Gasteiger partial charge in [0.2, 0.25) is 0 Å². The zero-order valence-electron chi connectivity index (χ0n) is 11.9. The van der Waals surface area contributed by atoms with Gasteiger partial charge in [0.25, 0.3) is 0 Å². The minimum absolute atomic E-state index is 0.246. The fourth-order valence-corrected chi connectivity index (χ4v) is 2.47. The highest BCUT2D eigenvalue weighted by atomic mass is 16.5. The summed E-state index contributed by atoms with van der Waals surface area (Å²) < 4.78 is 5.74. The number of hydrogen-bond acceptors (Lipinski definition) is 2. The molecule has 1 aliphatic rings. The molecule has 18 heavy (non-hydrogen) atoms. The summed E-state index contributed by atoms with van der Waals surface area (Å²) in [6.07, 6.45) is 2.92. The second kappa shape index (κ2) is 6.24. The maximum atomic E-state index is 5.74. The maximum Gasteiger partial charge on any atom is 0.120 e. The average molecular weight is 247 g/mol. The topological polar surface area (TPSA) is 12.5 Å². The molecular formula is C16H25NO. The first kappa shape index (κ1) is 13.4. The molecule has 0 aliphatic carbocycles. The fourth-order valence-electron chi connectivity index (χ4n) is 2.47. The zero-order valence-corrected chi connectivity index (χ0v) is 11.9. The molecule has 0 bridgehead atoms. The monoisotopic (exact) mass is 247 g/mol. The van der Waals surface area contributed by atoms with Crippen LogP contribution in [0.15, 0.2) is 24.3 Å².